The standard InChI is InChI=1S/C46H30S2/c1-3-27-14-13-22-30(29(27)4-2)42-33-17-7-5-15-31(33)41(32-16-6-8-18-34(32)42)28-24-25-40-38(26-28)44-36-20-10-9-19-35(36)43-37-21-11-12-23-39(37)47-45(43)46(44)48-40/h3-25,38H,1-2,26H2. The number of thiophene rings is 1. The van der Waals surface area contributed by atoms with Gasteiger partial charge in [-0.05, 0) is 88.7 Å². The number of fused-ring (bicyclic) bond motifs is 12. The number of hydrogen-bond acceptors (Lipinski definition) is 2. The van der Waals surface area contributed by atoms with Crippen LogP contribution >= 0.6 is 23.1 Å². The first-order valence-corrected chi connectivity index (χ1v) is 18.1. The van der Waals surface area contributed by atoms with Crippen LogP contribution in [0.1, 0.15) is 34.6 Å². The van der Waals surface area contributed by atoms with Gasteiger partial charge in [-0.25, -0.2) is 0 Å². The van der Waals surface area contributed by atoms with Crippen LogP contribution in [0.4, 0.5) is 0 Å². The fourth-order valence-corrected chi connectivity index (χ4v) is 11.1. The molecule has 1 aliphatic carbocycles. The smallest absolute Gasteiger partial charge is 0.0504 e. The van der Waals surface area contributed by atoms with Crippen molar-refractivity contribution in [3.05, 3.63) is 168 Å². The lowest BCUT2D eigenvalue weighted by Gasteiger charge is -2.25. The van der Waals surface area contributed by atoms with Crippen LogP contribution < -0.4 is 0 Å². The Morgan fingerprint density at radius 1 is 0.583 bits per heavy atom. The molecule has 1 atom stereocenters. The largest absolute Gasteiger partial charge is 0.134 e. The van der Waals surface area contributed by atoms with Gasteiger partial charge in [0.2, 0.25) is 0 Å². The van der Waals surface area contributed by atoms with Crippen molar-refractivity contribution in [1.29, 1.82) is 0 Å². The summed E-state index contributed by atoms with van der Waals surface area (Å²) in [6.45, 7) is 8.32. The van der Waals surface area contributed by atoms with E-state index in [1.807, 2.05) is 35.3 Å². The van der Waals surface area contributed by atoms with E-state index in [1.165, 1.54) is 90.1 Å². The summed E-state index contributed by atoms with van der Waals surface area (Å²) in [4.78, 5) is 2.92. The molecule has 0 fully saturated rings. The topological polar surface area (TPSA) is 0 Å². The van der Waals surface area contributed by atoms with Crippen LogP contribution in [0.25, 0.3) is 81.3 Å². The van der Waals surface area contributed by atoms with E-state index >= 15 is 0 Å². The number of benzene rings is 7. The van der Waals surface area contributed by atoms with Gasteiger partial charge in [0.1, 0.15) is 0 Å². The molecule has 226 valence electrons. The Morgan fingerprint density at radius 3 is 1.90 bits per heavy atom. The van der Waals surface area contributed by atoms with E-state index in [2.05, 4.69) is 141 Å². The third kappa shape index (κ3) is 3.85. The van der Waals surface area contributed by atoms with Crippen LogP contribution in [0.2, 0.25) is 0 Å². The average Bonchev–Trinajstić information content (AvgIpc) is 3.73. The van der Waals surface area contributed by atoms with E-state index in [1.54, 1.807) is 0 Å². The second-order valence-corrected chi connectivity index (χ2v) is 14.9. The minimum absolute atomic E-state index is 0.332. The molecule has 0 saturated carbocycles. The van der Waals surface area contributed by atoms with Crippen LogP contribution in [-0.4, -0.2) is 0 Å². The molecule has 1 unspecified atom stereocenters. The summed E-state index contributed by atoms with van der Waals surface area (Å²) < 4.78 is 2.80. The Kier molecular flexibility index (Phi) is 6.21. The maximum absolute atomic E-state index is 4.21. The Hall–Kier alpha value is -5.15. The maximum Gasteiger partial charge on any atom is 0.0504 e. The van der Waals surface area contributed by atoms with Gasteiger partial charge in [-0.1, -0.05) is 158 Å². The summed E-state index contributed by atoms with van der Waals surface area (Å²) in [6, 6.07) is 42.5. The van der Waals surface area contributed by atoms with Crippen molar-refractivity contribution < 1.29 is 0 Å². The molecule has 0 bridgehead atoms. The fourth-order valence-electron chi connectivity index (χ4n) is 8.41. The van der Waals surface area contributed by atoms with Crippen LogP contribution in [-0.2, 0) is 0 Å². The van der Waals surface area contributed by atoms with Crippen molar-refractivity contribution >= 4 is 93.3 Å². The van der Waals surface area contributed by atoms with Gasteiger partial charge < -0.3 is 0 Å². The number of hydrogen-bond donors (Lipinski definition) is 0. The first kappa shape index (κ1) is 27.9. The van der Waals surface area contributed by atoms with E-state index in [-0.39, 0.29) is 0 Å². The summed E-state index contributed by atoms with van der Waals surface area (Å²) in [6.07, 6.45) is 9.72. The van der Waals surface area contributed by atoms with Gasteiger partial charge in [0, 0.05) is 26.3 Å². The minimum atomic E-state index is 0.332. The van der Waals surface area contributed by atoms with Crippen LogP contribution in [0.3, 0.4) is 0 Å². The van der Waals surface area contributed by atoms with Crippen LogP contribution in [0.15, 0.2) is 150 Å². The number of thioether (sulfide) groups is 1. The van der Waals surface area contributed by atoms with Gasteiger partial charge in [0.25, 0.3) is 0 Å². The van der Waals surface area contributed by atoms with Gasteiger partial charge >= 0.3 is 0 Å². The molecule has 0 amide bonds. The number of allylic oxidation sites excluding steroid dienone is 4. The number of rotatable bonds is 4. The van der Waals surface area contributed by atoms with Crippen molar-refractivity contribution in [3.8, 4) is 11.1 Å². The Labute approximate surface area is 288 Å². The fraction of sp³-hybridized carbons (Fsp3) is 0.0435. The molecule has 48 heavy (non-hydrogen) atoms. The molecule has 2 heteroatoms. The van der Waals surface area contributed by atoms with Gasteiger partial charge in [-0.2, -0.15) is 0 Å². The van der Waals surface area contributed by atoms with Crippen molar-refractivity contribution in [3.63, 3.8) is 0 Å². The highest BCUT2D eigenvalue weighted by Crippen LogP contribution is 2.60. The lowest BCUT2D eigenvalue weighted by molar-refractivity contribution is 0.864. The molecular formula is C46H30S2. The van der Waals surface area contributed by atoms with Crippen molar-refractivity contribution in [2.75, 3.05) is 0 Å². The molecule has 10 rings (SSSR count). The van der Waals surface area contributed by atoms with Crippen molar-refractivity contribution in [2.45, 2.75) is 17.2 Å². The zero-order valence-corrected chi connectivity index (χ0v) is 27.9. The molecule has 0 nitrogen and oxygen atoms in total. The summed E-state index contributed by atoms with van der Waals surface area (Å²) in [5.74, 6) is 0.332. The molecule has 2 heterocycles. The van der Waals surface area contributed by atoms with Crippen LogP contribution in [0, 0.1) is 0 Å². The molecule has 7 aromatic carbocycles. The lowest BCUT2D eigenvalue weighted by Crippen LogP contribution is -2.04. The SMILES string of the molecule is C=Cc1cccc(-c2c3ccccc3c(C3=CC=C4Sc5c(c6ccccc6c6c5sc5ccccc56)C4C3)c3ccccc23)c1C=C. The molecule has 0 N–H and O–H groups in total. The van der Waals surface area contributed by atoms with Crippen LogP contribution in [0.5, 0.6) is 0 Å². The highest BCUT2D eigenvalue weighted by molar-refractivity contribution is 8.03. The second kappa shape index (κ2) is 10.7. The second-order valence-electron chi connectivity index (χ2n) is 12.8. The summed E-state index contributed by atoms with van der Waals surface area (Å²) >= 11 is 3.96. The molecule has 0 saturated heterocycles. The van der Waals surface area contributed by atoms with E-state index in [4.69, 9.17) is 0 Å². The maximum atomic E-state index is 4.21. The zero-order valence-electron chi connectivity index (χ0n) is 26.3. The predicted molar refractivity (Wildman–Crippen MR) is 213 cm³/mol. The minimum Gasteiger partial charge on any atom is -0.134 e. The molecule has 8 aromatic rings. The lowest BCUT2D eigenvalue weighted by atomic mass is 9.79. The third-order valence-electron chi connectivity index (χ3n) is 10.4. The summed E-state index contributed by atoms with van der Waals surface area (Å²) in [7, 11) is 0. The predicted octanol–water partition coefficient (Wildman–Crippen LogP) is 14.0. The van der Waals surface area contributed by atoms with Gasteiger partial charge in [-0.15, -0.1) is 11.3 Å². The highest BCUT2D eigenvalue weighted by Gasteiger charge is 2.36. The average molecular weight is 647 g/mol. The monoisotopic (exact) mass is 646 g/mol. The molecule has 2 aliphatic rings. The molecule has 1 aromatic heterocycles. The molecular weight excluding hydrogens is 617 g/mol. The normalized spacial score (nSPS) is 15.5. The third-order valence-corrected chi connectivity index (χ3v) is 13.0. The Balaban J connectivity index is 1.21. The first-order chi connectivity index (χ1) is 23.7. The van der Waals surface area contributed by atoms with E-state index in [9.17, 15) is 0 Å². The zero-order chi connectivity index (χ0) is 31.9. The summed E-state index contributed by atoms with van der Waals surface area (Å²) in [5.41, 5.74) is 8.95. The first-order valence-electron chi connectivity index (χ1n) is 16.5. The quantitative estimate of drug-likeness (QED) is 0.171. The van der Waals surface area contributed by atoms with Gasteiger partial charge in [0.15, 0.2) is 0 Å². The Morgan fingerprint density at radius 2 is 1.21 bits per heavy atom. The molecule has 0 radical (unpaired) electrons. The van der Waals surface area contributed by atoms with E-state index in [0.717, 1.165) is 17.5 Å². The van der Waals surface area contributed by atoms with Gasteiger partial charge in [-0.3, -0.25) is 0 Å². The highest BCUT2D eigenvalue weighted by atomic mass is 32.2. The Bertz CT molecular complexity index is 2710. The van der Waals surface area contributed by atoms with Crippen molar-refractivity contribution in [1.82, 2.24) is 0 Å². The summed E-state index contributed by atoms with van der Waals surface area (Å²) in [5, 5.41) is 10.7. The van der Waals surface area contributed by atoms with E-state index in [0.29, 0.717) is 5.92 Å². The molecule has 0 spiro atoms. The van der Waals surface area contributed by atoms with Gasteiger partial charge in [0.05, 0.1) is 4.70 Å². The van der Waals surface area contributed by atoms with Crippen molar-refractivity contribution in [2.24, 2.45) is 0 Å². The molecule has 1 aliphatic heterocycles. The van der Waals surface area contributed by atoms with E-state index < -0.39 is 0 Å².